The van der Waals surface area contributed by atoms with Gasteiger partial charge in [-0.05, 0) is 31.2 Å². The maximum Gasteiger partial charge on any atom is 0.215 e. The minimum atomic E-state index is -1.17. The Labute approximate surface area is 193 Å². The molecule has 32 heavy (non-hydrogen) atoms. The molecule has 3 aromatic rings. The summed E-state index contributed by atoms with van der Waals surface area (Å²) < 4.78 is 6.01. The molecule has 3 rings (SSSR count). The molecule has 0 aliphatic heterocycles. The van der Waals surface area contributed by atoms with Gasteiger partial charge in [-0.2, -0.15) is 0 Å². The normalized spacial score (nSPS) is 12.1. The van der Waals surface area contributed by atoms with Crippen LogP contribution in [0.15, 0.2) is 36.3 Å². The van der Waals surface area contributed by atoms with Crippen LogP contribution in [0.3, 0.4) is 0 Å². The van der Waals surface area contributed by atoms with E-state index in [0.29, 0.717) is 19.0 Å². The number of allylic oxidation sites excluding steroid dienone is 1. The number of nitrogens with one attached hydrogen (secondary N) is 3. The number of anilines is 3. The molecule has 0 aliphatic carbocycles. The van der Waals surface area contributed by atoms with Crippen LogP contribution in [-0.2, 0) is 4.74 Å². The van der Waals surface area contributed by atoms with Crippen molar-refractivity contribution < 1.29 is 4.74 Å². The lowest BCUT2D eigenvalue weighted by Crippen LogP contribution is -2.26. The van der Waals surface area contributed by atoms with Crippen molar-refractivity contribution in [3.05, 3.63) is 41.3 Å². The summed E-state index contributed by atoms with van der Waals surface area (Å²) in [7, 11) is 0.611. The number of nitrogens with zero attached hydrogens (tertiary/aromatic N) is 5. The lowest BCUT2D eigenvalue weighted by atomic mass is 10.3. The van der Waals surface area contributed by atoms with Crippen molar-refractivity contribution in [1.29, 1.82) is 5.41 Å². The maximum atomic E-state index is 7.52. The molecular formula is C21H30N8OSSi. The summed E-state index contributed by atoms with van der Waals surface area (Å²) in [6.07, 6.45) is 4.67. The Morgan fingerprint density at radius 1 is 1.25 bits per heavy atom. The van der Waals surface area contributed by atoms with Crippen molar-refractivity contribution in [2.45, 2.75) is 32.6 Å². The van der Waals surface area contributed by atoms with Crippen LogP contribution >= 0.6 is 11.3 Å². The molecule has 0 bridgehead atoms. The van der Waals surface area contributed by atoms with E-state index >= 15 is 0 Å². The molecule has 9 nitrogen and oxygen atoms in total. The van der Waals surface area contributed by atoms with Crippen molar-refractivity contribution in [1.82, 2.24) is 25.5 Å². The average molecular weight is 471 g/mol. The standard InChI is InChI=1S/C21H30N8OSSi/c1-15-27-28-21(31-15)29(14-30-8-9-32(3,4)5)20-7-6-18-19(26-20)10-16(13-24-18)25-17(11-22)12-23-2/h6-7,10-13,22-23,25H,8-9,14H2,1-5H3/b17-12+,22-11?. The van der Waals surface area contributed by atoms with Gasteiger partial charge in [0.2, 0.25) is 5.13 Å². The van der Waals surface area contributed by atoms with E-state index in [1.54, 1.807) is 19.4 Å². The van der Waals surface area contributed by atoms with E-state index < -0.39 is 8.07 Å². The monoisotopic (exact) mass is 470 g/mol. The van der Waals surface area contributed by atoms with Crippen LogP contribution in [0.25, 0.3) is 11.0 Å². The first-order chi connectivity index (χ1) is 15.3. The van der Waals surface area contributed by atoms with E-state index in [-0.39, 0.29) is 0 Å². The van der Waals surface area contributed by atoms with E-state index in [0.717, 1.165) is 38.7 Å². The molecule has 0 atom stereocenters. The molecule has 0 saturated heterocycles. The van der Waals surface area contributed by atoms with Crippen LogP contribution in [0.4, 0.5) is 16.6 Å². The molecule has 11 heteroatoms. The van der Waals surface area contributed by atoms with Gasteiger partial charge >= 0.3 is 0 Å². The van der Waals surface area contributed by atoms with Crippen molar-refractivity contribution in [2.75, 3.05) is 30.6 Å². The lowest BCUT2D eigenvalue weighted by molar-refractivity contribution is 0.153. The molecule has 3 heterocycles. The van der Waals surface area contributed by atoms with E-state index in [1.165, 1.54) is 17.6 Å². The quantitative estimate of drug-likeness (QED) is 0.164. The lowest BCUT2D eigenvalue weighted by Gasteiger charge is -2.22. The number of hydrogen-bond donors (Lipinski definition) is 3. The van der Waals surface area contributed by atoms with Gasteiger partial charge in [-0.3, -0.25) is 9.88 Å². The molecule has 170 valence electrons. The molecule has 0 unspecified atom stereocenters. The molecule has 0 aliphatic rings. The Bertz CT molecular complexity index is 1090. The van der Waals surface area contributed by atoms with E-state index in [4.69, 9.17) is 15.1 Å². The zero-order valence-corrected chi connectivity index (χ0v) is 21.0. The summed E-state index contributed by atoms with van der Waals surface area (Å²) in [5, 5.41) is 23.7. The van der Waals surface area contributed by atoms with Crippen molar-refractivity contribution in [3.8, 4) is 0 Å². The average Bonchev–Trinajstić information content (AvgIpc) is 3.18. The first kappa shape index (κ1) is 23.8. The topological polar surface area (TPSA) is 112 Å². The fourth-order valence-electron chi connectivity index (χ4n) is 2.80. The van der Waals surface area contributed by atoms with Crippen LogP contribution in [0.5, 0.6) is 0 Å². The van der Waals surface area contributed by atoms with Gasteiger partial charge in [0, 0.05) is 34.1 Å². The summed E-state index contributed by atoms with van der Waals surface area (Å²) in [5.41, 5.74) is 2.87. The van der Waals surface area contributed by atoms with Crippen molar-refractivity contribution in [3.63, 3.8) is 0 Å². The molecule has 3 N–H and O–H groups in total. The minimum Gasteiger partial charge on any atom is -0.392 e. The molecule has 0 aromatic carbocycles. The number of pyridine rings is 2. The summed E-state index contributed by atoms with van der Waals surface area (Å²) in [5.74, 6) is 0.721. The minimum absolute atomic E-state index is 0.353. The third-order valence-corrected chi connectivity index (χ3v) is 7.07. The predicted octanol–water partition coefficient (Wildman–Crippen LogP) is 4.36. The Balaban J connectivity index is 1.87. The number of ether oxygens (including phenoxy) is 1. The molecule has 0 radical (unpaired) electrons. The number of fused-ring (bicyclic) bond motifs is 1. The highest BCUT2D eigenvalue weighted by Gasteiger charge is 2.18. The molecule has 3 aromatic heterocycles. The zero-order chi connectivity index (χ0) is 23.1. The summed E-state index contributed by atoms with van der Waals surface area (Å²) in [6, 6.07) is 6.86. The van der Waals surface area contributed by atoms with Crippen LogP contribution in [0.2, 0.25) is 25.7 Å². The summed E-state index contributed by atoms with van der Waals surface area (Å²) in [4.78, 5) is 11.3. The highest BCUT2D eigenvalue weighted by Crippen LogP contribution is 2.28. The van der Waals surface area contributed by atoms with E-state index in [2.05, 4.69) is 45.5 Å². The molecular weight excluding hydrogens is 440 g/mol. The Kier molecular flexibility index (Phi) is 7.88. The van der Waals surface area contributed by atoms with Crippen LogP contribution in [-0.4, -0.2) is 54.8 Å². The number of aromatic nitrogens is 4. The Morgan fingerprint density at radius 2 is 2.06 bits per heavy atom. The molecule has 0 spiro atoms. The first-order valence-corrected chi connectivity index (χ1v) is 14.9. The van der Waals surface area contributed by atoms with Crippen molar-refractivity contribution in [2.24, 2.45) is 0 Å². The second-order valence-corrected chi connectivity index (χ2v) is 15.3. The van der Waals surface area contributed by atoms with E-state index in [1.807, 2.05) is 30.0 Å². The van der Waals surface area contributed by atoms with Crippen LogP contribution in [0, 0.1) is 12.3 Å². The molecule has 0 amide bonds. The Morgan fingerprint density at radius 3 is 2.72 bits per heavy atom. The largest absolute Gasteiger partial charge is 0.392 e. The second kappa shape index (κ2) is 10.6. The highest BCUT2D eigenvalue weighted by atomic mass is 32.1. The van der Waals surface area contributed by atoms with Gasteiger partial charge in [0.15, 0.2) is 0 Å². The third kappa shape index (κ3) is 6.55. The smallest absolute Gasteiger partial charge is 0.215 e. The fraction of sp³-hybridized carbons (Fsp3) is 0.381. The second-order valence-electron chi connectivity index (χ2n) is 8.47. The van der Waals surface area contributed by atoms with Gasteiger partial charge in [-0.25, -0.2) is 4.98 Å². The highest BCUT2D eigenvalue weighted by molar-refractivity contribution is 7.15. The van der Waals surface area contributed by atoms with Gasteiger partial charge in [-0.1, -0.05) is 31.0 Å². The van der Waals surface area contributed by atoms with Gasteiger partial charge in [-0.15, -0.1) is 10.2 Å². The molecule has 0 saturated carbocycles. The summed E-state index contributed by atoms with van der Waals surface area (Å²) >= 11 is 1.50. The van der Waals surface area contributed by atoms with Gasteiger partial charge in [0.25, 0.3) is 0 Å². The number of rotatable bonds is 11. The predicted molar refractivity (Wildman–Crippen MR) is 135 cm³/mol. The van der Waals surface area contributed by atoms with E-state index in [9.17, 15) is 0 Å². The van der Waals surface area contributed by atoms with Gasteiger partial charge < -0.3 is 20.8 Å². The fourth-order valence-corrected chi connectivity index (χ4v) is 4.24. The van der Waals surface area contributed by atoms with Crippen molar-refractivity contribution >= 4 is 53.3 Å². The zero-order valence-electron chi connectivity index (χ0n) is 19.1. The third-order valence-electron chi connectivity index (χ3n) is 4.51. The maximum absolute atomic E-state index is 7.52. The number of aryl methyl sites for hydroxylation is 1. The van der Waals surface area contributed by atoms with Gasteiger partial charge in [0.1, 0.15) is 17.6 Å². The SMILES string of the molecule is CN/C=C(\C=N)Nc1cnc2ccc(N(COCC[Si](C)(C)C)c3nnc(C)s3)nc2c1. The molecule has 0 fully saturated rings. The van der Waals surface area contributed by atoms with Gasteiger partial charge in [0.05, 0.1) is 28.6 Å². The van der Waals surface area contributed by atoms with Crippen LogP contribution in [0.1, 0.15) is 5.01 Å². The number of hydrogen-bond acceptors (Lipinski definition) is 10. The Hall–Kier alpha value is -2.89. The summed E-state index contributed by atoms with van der Waals surface area (Å²) in [6.45, 7) is 9.99. The van der Waals surface area contributed by atoms with Crippen LogP contribution < -0.4 is 15.5 Å². The first-order valence-electron chi connectivity index (χ1n) is 10.4.